The summed E-state index contributed by atoms with van der Waals surface area (Å²) in [6, 6.07) is 0.193. The molecule has 1 unspecified atom stereocenters. The highest BCUT2D eigenvalue weighted by atomic mass is 16.1. The molecule has 1 fully saturated rings. The van der Waals surface area contributed by atoms with Crippen molar-refractivity contribution in [2.75, 3.05) is 0 Å². The Labute approximate surface area is 95.0 Å². The van der Waals surface area contributed by atoms with Gasteiger partial charge in [-0.15, -0.1) is 0 Å². The third-order valence-electron chi connectivity index (χ3n) is 2.85. The lowest BCUT2D eigenvalue weighted by Crippen LogP contribution is -2.45. The van der Waals surface area contributed by atoms with Gasteiger partial charge in [-0.05, 0) is 12.8 Å². The molecule has 1 atom stereocenters. The number of nitrogens with two attached hydrogens (primary N) is 1. The van der Waals surface area contributed by atoms with Crippen molar-refractivity contribution < 1.29 is 4.79 Å². The highest BCUT2D eigenvalue weighted by Crippen LogP contribution is 2.19. The Kier molecular flexibility index (Phi) is 3.24. The summed E-state index contributed by atoms with van der Waals surface area (Å²) in [6.07, 6.45) is 6.81. The Morgan fingerprint density at radius 2 is 2.50 bits per heavy atom. The highest BCUT2D eigenvalue weighted by molar-refractivity contribution is 5.79. The van der Waals surface area contributed by atoms with E-state index in [1.807, 2.05) is 17.7 Å². The van der Waals surface area contributed by atoms with Crippen molar-refractivity contribution in [3.05, 3.63) is 18.2 Å². The van der Waals surface area contributed by atoms with Gasteiger partial charge < -0.3 is 15.6 Å². The zero-order chi connectivity index (χ0) is 11.5. The van der Waals surface area contributed by atoms with Crippen molar-refractivity contribution in [1.82, 2.24) is 14.9 Å². The van der Waals surface area contributed by atoms with Crippen molar-refractivity contribution in [2.45, 2.75) is 44.8 Å². The maximum Gasteiger partial charge on any atom is 0.236 e. The zero-order valence-corrected chi connectivity index (χ0v) is 9.52. The van der Waals surface area contributed by atoms with E-state index in [9.17, 15) is 4.79 Å². The van der Waals surface area contributed by atoms with Crippen LogP contribution >= 0.6 is 0 Å². The molecule has 1 aromatic heterocycles. The molecule has 1 heterocycles. The van der Waals surface area contributed by atoms with Crippen LogP contribution in [-0.4, -0.2) is 27.5 Å². The highest BCUT2D eigenvalue weighted by Gasteiger charge is 2.27. The Morgan fingerprint density at radius 1 is 1.75 bits per heavy atom. The van der Waals surface area contributed by atoms with E-state index < -0.39 is 0 Å². The third-order valence-corrected chi connectivity index (χ3v) is 2.85. The molecule has 1 amide bonds. The Balaban J connectivity index is 2.01. The fourth-order valence-corrected chi connectivity index (χ4v) is 1.78. The van der Waals surface area contributed by atoms with Gasteiger partial charge in [0.1, 0.15) is 11.9 Å². The first-order valence-corrected chi connectivity index (χ1v) is 5.76. The number of aryl methyl sites for hydroxylation is 1. The van der Waals surface area contributed by atoms with E-state index in [1.165, 1.54) is 0 Å². The summed E-state index contributed by atoms with van der Waals surface area (Å²) >= 11 is 0. The van der Waals surface area contributed by atoms with Gasteiger partial charge in [0.05, 0.1) is 0 Å². The van der Waals surface area contributed by atoms with Crippen LogP contribution in [-0.2, 0) is 17.8 Å². The van der Waals surface area contributed by atoms with E-state index in [0.717, 1.165) is 25.1 Å². The fourth-order valence-electron chi connectivity index (χ4n) is 1.78. The molecule has 5 nitrogen and oxygen atoms in total. The molecular weight excluding hydrogens is 204 g/mol. The van der Waals surface area contributed by atoms with Gasteiger partial charge in [-0.3, -0.25) is 4.79 Å². The smallest absolute Gasteiger partial charge is 0.236 e. The largest absolute Gasteiger partial charge is 0.368 e. The molecule has 0 spiro atoms. The molecule has 16 heavy (non-hydrogen) atoms. The van der Waals surface area contributed by atoms with Gasteiger partial charge in [0.15, 0.2) is 0 Å². The summed E-state index contributed by atoms with van der Waals surface area (Å²) in [4.78, 5) is 15.5. The van der Waals surface area contributed by atoms with Crippen molar-refractivity contribution in [1.29, 1.82) is 0 Å². The first-order valence-electron chi connectivity index (χ1n) is 5.76. The minimum atomic E-state index is -0.289. The third kappa shape index (κ3) is 2.61. The van der Waals surface area contributed by atoms with Crippen LogP contribution in [0, 0.1) is 0 Å². The second-order valence-corrected chi connectivity index (χ2v) is 4.25. The van der Waals surface area contributed by atoms with Crippen LogP contribution < -0.4 is 11.1 Å². The topological polar surface area (TPSA) is 72.9 Å². The number of primary amides is 1. The van der Waals surface area contributed by atoms with Crippen LogP contribution in [0.25, 0.3) is 0 Å². The molecule has 3 N–H and O–H groups in total. The number of amides is 1. The first-order chi connectivity index (χ1) is 7.70. The van der Waals surface area contributed by atoms with E-state index in [4.69, 9.17) is 5.73 Å². The summed E-state index contributed by atoms with van der Waals surface area (Å²) < 4.78 is 1.99. The Hall–Kier alpha value is -1.36. The Bertz CT molecular complexity index is 370. The maximum atomic E-state index is 11.3. The second-order valence-electron chi connectivity index (χ2n) is 4.25. The van der Waals surface area contributed by atoms with Crippen LogP contribution in [0.5, 0.6) is 0 Å². The number of hydrogen-bond acceptors (Lipinski definition) is 3. The standard InChI is InChI=1S/C11H18N4O/c1-2-10-13-5-6-15(10)7-9(11(12)16)14-8-3-4-8/h5-6,8-9,14H,2-4,7H2,1H3,(H2,12,16). The molecule has 5 heteroatoms. The number of hydrogen-bond donors (Lipinski definition) is 2. The summed E-state index contributed by atoms with van der Waals surface area (Å²) in [5.41, 5.74) is 5.39. The average molecular weight is 222 g/mol. The number of nitrogens with zero attached hydrogens (tertiary/aromatic N) is 2. The molecule has 1 aromatic rings. The number of imidazole rings is 1. The summed E-state index contributed by atoms with van der Waals surface area (Å²) in [7, 11) is 0. The van der Waals surface area contributed by atoms with Crippen LogP contribution in [0.3, 0.4) is 0 Å². The van der Waals surface area contributed by atoms with Gasteiger partial charge >= 0.3 is 0 Å². The Morgan fingerprint density at radius 3 is 3.06 bits per heavy atom. The lowest BCUT2D eigenvalue weighted by molar-refractivity contribution is -0.120. The number of nitrogens with one attached hydrogen (secondary N) is 1. The van der Waals surface area contributed by atoms with Crippen molar-refractivity contribution >= 4 is 5.91 Å². The van der Waals surface area contributed by atoms with E-state index in [0.29, 0.717) is 12.6 Å². The van der Waals surface area contributed by atoms with Crippen molar-refractivity contribution in [3.63, 3.8) is 0 Å². The van der Waals surface area contributed by atoms with Gasteiger partial charge in [-0.25, -0.2) is 4.98 Å². The van der Waals surface area contributed by atoms with Crippen molar-refractivity contribution in [2.24, 2.45) is 5.73 Å². The van der Waals surface area contributed by atoms with E-state index in [-0.39, 0.29) is 11.9 Å². The molecule has 0 aromatic carbocycles. The van der Waals surface area contributed by atoms with Gasteiger partial charge in [0, 0.05) is 31.4 Å². The molecule has 0 aliphatic heterocycles. The van der Waals surface area contributed by atoms with E-state index in [1.54, 1.807) is 6.20 Å². The van der Waals surface area contributed by atoms with Crippen molar-refractivity contribution in [3.8, 4) is 0 Å². The lowest BCUT2D eigenvalue weighted by atomic mass is 10.2. The maximum absolute atomic E-state index is 11.3. The minimum Gasteiger partial charge on any atom is -0.368 e. The van der Waals surface area contributed by atoms with Crippen LogP contribution in [0.2, 0.25) is 0 Å². The number of carbonyl (C=O) groups is 1. The number of aromatic nitrogens is 2. The van der Waals surface area contributed by atoms with Crippen LogP contribution in [0.1, 0.15) is 25.6 Å². The van der Waals surface area contributed by atoms with Gasteiger partial charge in [-0.1, -0.05) is 6.92 Å². The average Bonchev–Trinajstić information content (AvgIpc) is 2.95. The molecule has 1 saturated carbocycles. The monoisotopic (exact) mass is 222 g/mol. The normalized spacial score (nSPS) is 17.3. The van der Waals surface area contributed by atoms with E-state index in [2.05, 4.69) is 10.3 Å². The molecule has 1 aliphatic rings. The number of rotatable bonds is 6. The predicted octanol–water partition coefficient (Wildman–Crippen LogP) is 0.0514. The minimum absolute atomic E-state index is 0.285. The van der Waals surface area contributed by atoms with Crippen LogP contribution in [0.15, 0.2) is 12.4 Å². The molecule has 2 rings (SSSR count). The predicted molar refractivity (Wildman–Crippen MR) is 60.7 cm³/mol. The van der Waals surface area contributed by atoms with Gasteiger partial charge in [0.25, 0.3) is 0 Å². The summed E-state index contributed by atoms with van der Waals surface area (Å²) in [5, 5.41) is 3.26. The second kappa shape index (κ2) is 4.65. The SMILES string of the molecule is CCc1nccn1CC(NC1CC1)C(N)=O. The molecule has 0 bridgehead atoms. The summed E-state index contributed by atoms with van der Waals surface area (Å²) in [5.74, 6) is 0.700. The molecule has 1 aliphatic carbocycles. The molecular formula is C11H18N4O. The quantitative estimate of drug-likeness (QED) is 0.714. The number of carbonyl (C=O) groups excluding carboxylic acids is 1. The van der Waals surface area contributed by atoms with Gasteiger partial charge in [0.2, 0.25) is 5.91 Å². The molecule has 0 saturated heterocycles. The van der Waals surface area contributed by atoms with Crippen LogP contribution in [0.4, 0.5) is 0 Å². The van der Waals surface area contributed by atoms with E-state index >= 15 is 0 Å². The lowest BCUT2D eigenvalue weighted by Gasteiger charge is -2.16. The summed E-state index contributed by atoms with van der Waals surface area (Å²) in [6.45, 7) is 2.63. The molecule has 88 valence electrons. The van der Waals surface area contributed by atoms with Gasteiger partial charge in [-0.2, -0.15) is 0 Å². The zero-order valence-electron chi connectivity index (χ0n) is 9.52. The molecule has 0 radical (unpaired) electrons. The first kappa shape index (κ1) is 11.1. The fraction of sp³-hybridized carbons (Fsp3) is 0.636.